The van der Waals surface area contributed by atoms with Crippen LogP contribution in [0.1, 0.15) is 31.7 Å². The normalized spacial score (nSPS) is 12.9. The molecule has 0 amide bonds. The van der Waals surface area contributed by atoms with Crippen molar-refractivity contribution in [3.05, 3.63) is 54.0 Å². The van der Waals surface area contributed by atoms with Gasteiger partial charge in [-0.2, -0.15) is 8.42 Å². The van der Waals surface area contributed by atoms with Crippen LogP contribution in [-0.4, -0.2) is 13.4 Å². The zero-order chi connectivity index (χ0) is 15.5. The van der Waals surface area contributed by atoms with E-state index in [0.717, 1.165) is 18.1 Å². The predicted octanol–water partition coefficient (Wildman–Crippen LogP) is 3.54. The Hall–Kier alpha value is -1.95. The van der Waals surface area contributed by atoms with Gasteiger partial charge in [-0.25, -0.2) is 9.37 Å². The lowest BCUT2D eigenvalue weighted by molar-refractivity contribution is 0.557. The zero-order valence-electron chi connectivity index (χ0n) is 11.9. The fraction of sp³-hybridized carbons (Fsp3) is 0.267. The smallest absolute Gasteiger partial charge is 0.278 e. The third-order valence-corrected chi connectivity index (χ3v) is 4.64. The molecule has 0 aliphatic rings. The van der Waals surface area contributed by atoms with E-state index in [9.17, 15) is 12.8 Å². The number of aromatic nitrogens is 1. The fourth-order valence-electron chi connectivity index (χ4n) is 1.89. The summed E-state index contributed by atoms with van der Waals surface area (Å²) in [6.07, 6.45) is 2.24. The van der Waals surface area contributed by atoms with Crippen molar-refractivity contribution in [1.82, 2.24) is 4.98 Å². The van der Waals surface area contributed by atoms with Crippen LogP contribution in [0.5, 0.6) is 0 Å². The van der Waals surface area contributed by atoms with Gasteiger partial charge in [-0.3, -0.25) is 4.72 Å². The maximum atomic E-state index is 13.5. The first-order valence-electron chi connectivity index (χ1n) is 6.67. The lowest BCUT2D eigenvalue weighted by atomic mass is 9.99. The Morgan fingerprint density at radius 1 is 1.24 bits per heavy atom. The molecule has 1 N–H and O–H groups in total. The molecular formula is C15H17FN2O2S. The minimum atomic E-state index is -4.02. The maximum absolute atomic E-state index is 13.5. The van der Waals surface area contributed by atoms with E-state index in [2.05, 4.69) is 23.6 Å². The van der Waals surface area contributed by atoms with Gasteiger partial charge >= 0.3 is 0 Å². The van der Waals surface area contributed by atoms with Crippen LogP contribution in [0.2, 0.25) is 0 Å². The second-order valence-electron chi connectivity index (χ2n) is 4.83. The molecule has 0 bridgehead atoms. The molecule has 1 atom stereocenters. The SMILES string of the molecule is CCC(C)c1ccc(NS(=O)(=O)c2ncccc2F)cc1. The molecule has 112 valence electrons. The molecule has 1 unspecified atom stereocenters. The summed E-state index contributed by atoms with van der Waals surface area (Å²) in [5.74, 6) is -0.467. The van der Waals surface area contributed by atoms with Crippen molar-refractivity contribution in [2.45, 2.75) is 31.2 Å². The fourth-order valence-corrected chi connectivity index (χ4v) is 2.96. The number of sulfonamides is 1. The van der Waals surface area contributed by atoms with Crippen molar-refractivity contribution in [1.29, 1.82) is 0 Å². The van der Waals surface area contributed by atoms with Gasteiger partial charge in [0.1, 0.15) is 0 Å². The minimum absolute atomic E-state index is 0.382. The molecule has 0 spiro atoms. The van der Waals surface area contributed by atoms with E-state index in [0.29, 0.717) is 11.6 Å². The molecule has 0 fully saturated rings. The van der Waals surface area contributed by atoms with Gasteiger partial charge in [-0.15, -0.1) is 0 Å². The number of nitrogens with zero attached hydrogens (tertiary/aromatic N) is 1. The molecule has 0 aliphatic carbocycles. The number of benzene rings is 1. The van der Waals surface area contributed by atoms with Crippen LogP contribution in [0.25, 0.3) is 0 Å². The Bertz CT molecular complexity index is 715. The second-order valence-corrected chi connectivity index (χ2v) is 6.42. The Kier molecular flexibility index (Phi) is 4.57. The van der Waals surface area contributed by atoms with Crippen LogP contribution in [0.3, 0.4) is 0 Å². The summed E-state index contributed by atoms with van der Waals surface area (Å²) in [5, 5.41) is -0.601. The number of pyridine rings is 1. The monoisotopic (exact) mass is 308 g/mol. The van der Waals surface area contributed by atoms with Gasteiger partial charge in [0, 0.05) is 11.9 Å². The van der Waals surface area contributed by atoms with E-state index in [-0.39, 0.29) is 0 Å². The average Bonchev–Trinajstić information content (AvgIpc) is 2.47. The molecule has 1 aromatic heterocycles. The minimum Gasteiger partial charge on any atom is -0.278 e. The molecule has 1 aromatic carbocycles. The number of hydrogen-bond acceptors (Lipinski definition) is 3. The van der Waals surface area contributed by atoms with Crippen molar-refractivity contribution < 1.29 is 12.8 Å². The summed E-state index contributed by atoms with van der Waals surface area (Å²) in [7, 11) is -4.02. The Morgan fingerprint density at radius 3 is 2.48 bits per heavy atom. The summed E-state index contributed by atoms with van der Waals surface area (Å²) >= 11 is 0. The maximum Gasteiger partial charge on any atom is 0.282 e. The highest BCUT2D eigenvalue weighted by molar-refractivity contribution is 7.92. The quantitative estimate of drug-likeness (QED) is 0.919. The first-order valence-corrected chi connectivity index (χ1v) is 8.15. The number of halogens is 1. The van der Waals surface area contributed by atoms with Gasteiger partial charge in [-0.05, 0) is 42.2 Å². The molecule has 2 rings (SSSR count). The summed E-state index contributed by atoms with van der Waals surface area (Å²) in [4.78, 5) is 3.58. The van der Waals surface area contributed by atoms with Gasteiger partial charge in [-0.1, -0.05) is 26.0 Å². The highest BCUT2D eigenvalue weighted by Crippen LogP contribution is 2.22. The van der Waals surface area contributed by atoms with Crippen molar-refractivity contribution in [2.75, 3.05) is 4.72 Å². The third-order valence-electron chi connectivity index (χ3n) is 3.32. The van der Waals surface area contributed by atoms with Crippen LogP contribution in [-0.2, 0) is 10.0 Å². The van der Waals surface area contributed by atoms with Gasteiger partial charge < -0.3 is 0 Å². The summed E-state index contributed by atoms with van der Waals surface area (Å²) < 4.78 is 40.0. The molecule has 1 heterocycles. The highest BCUT2D eigenvalue weighted by atomic mass is 32.2. The molecular weight excluding hydrogens is 291 g/mol. The van der Waals surface area contributed by atoms with Gasteiger partial charge in [0.05, 0.1) is 0 Å². The van der Waals surface area contributed by atoms with E-state index >= 15 is 0 Å². The van der Waals surface area contributed by atoms with Gasteiger partial charge in [0.2, 0.25) is 5.03 Å². The van der Waals surface area contributed by atoms with Crippen molar-refractivity contribution >= 4 is 15.7 Å². The Balaban J connectivity index is 2.23. The number of nitrogens with one attached hydrogen (secondary N) is 1. The summed E-state index contributed by atoms with van der Waals surface area (Å²) in [6, 6.07) is 9.46. The number of rotatable bonds is 5. The number of hydrogen-bond donors (Lipinski definition) is 1. The van der Waals surface area contributed by atoms with E-state index in [1.807, 2.05) is 12.1 Å². The van der Waals surface area contributed by atoms with E-state index < -0.39 is 20.9 Å². The van der Waals surface area contributed by atoms with Gasteiger partial charge in [0.25, 0.3) is 10.0 Å². The lowest BCUT2D eigenvalue weighted by Crippen LogP contribution is -2.16. The topological polar surface area (TPSA) is 59.1 Å². The Labute approximate surface area is 124 Å². The molecule has 4 nitrogen and oxygen atoms in total. The molecule has 6 heteroatoms. The second kappa shape index (κ2) is 6.22. The van der Waals surface area contributed by atoms with Crippen LogP contribution in [0, 0.1) is 5.82 Å². The third kappa shape index (κ3) is 3.58. The zero-order valence-corrected chi connectivity index (χ0v) is 12.7. The number of anilines is 1. The van der Waals surface area contributed by atoms with Crippen molar-refractivity contribution in [2.24, 2.45) is 0 Å². The van der Waals surface area contributed by atoms with Crippen LogP contribution in [0.15, 0.2) is 47.6 Å². The molecule has 0 saturated heterocycles. The average molecular weight is 308 g/mol. The molecule has 0 aliphatic heterocycles. The lowest BCUT2D eigenvalue weighted by Gasteiger charge is -2.11. The van der Waals surface area contributed by atoms with Crippen LogP contribution < -0.4 is 4.72 Å². The molecule has 0 saturated carbocycles. The first-order chi connectivity index (χ1) is 9.94. The van der Waals surface area contributed by atoms with Crippen molar-refractivity contribution in [3.63, 3.8) is 0 Å². The first kappa shape index (κ1) is 15.4. The highest BCUT2D eigenvalue weighted by Gasteiger charge is 2.20. The molecule has 0 radical (unpaired) electrons. The predicted molar refractivity (Wildman–Crippen MR) is 80.2 cm³/mol. The standard InChI is InChI=1S/C15H17FN2O2S/c1-3-11(2)12-6-8-13(9-7-12)18-21(19,20)15-14(16)5-4-10-17-15/h4-11,18H,3H2,1-2H3. The molecule has 21 heavy (non-hydrogen) atoms. The largest absolute Gasteiger partial charge is 0.282 e. The summed E-state index contributed by atoms with van der Waals surface area (Å²) in [6.45, 7) is 4.19. The summed E-state index contributed by atoms with van der Waals surface area (Å²) in [5.41, 5.74) is 1.51. The van der Waals surface area contributed by atoms with Crippen molar-refractivity contribution in [3.8, 4) is 0 Å². The molecule has 2 aromatic rings. The van der Waals surface area contributed by atoms with Gasteiger partial charge in [0.15, 0.2) is 5.82 Å². The van der Waals surface area contributed by atoms with E-state index in [4.69, 9.17) is 0 Å². The van der Waals surface area contributed by atoms with Crippen LogP contribution >= 0.6 is 0 Å². The van der Waals surface area contributed by atoms with E-state index in [1.165, 1.54) is 12.3 Å². The van der Waals surface area contributed by atoms with Crippen LogP contribution in [0.4, 0.5) is 10.1 Å². The van der Waals surface area contributed by atoms with E-state index in [1.54, 1.807) is 12.1 Å². The Morgan fingerprint density at radius 2 is 1.90 bits per heavy atom.